The minimum absolute atomic E-state index is 0.0675. The number of anilines is 1. The molecule has 1 N–H and O–H groups in total. The number of nitrogens with one attached hydrogen (secondary N) is 1. The van der Waals surface area contributed by atoms with E-state index in [1.807, 2.05) is 18.0 Å². The Morgan fingerprint density at radius 2 is 1.93 bits per heavy atom. The summed E-state index contributed by atoms with van der Waals surface area (Å²) in [6.45, 7) is 2.29. The van der Waals surface area contributed by atoms with Gasteiger partial charge in [0.25, 0.3) is 5.69 Å². The van der Waals surface area contributed by atoms with Gasteiger partial charge in [-0.15, -0.1) is 0 Å². The highest BCUT2D eigenvalue weighted by molar-refractivity contribution is 7.89. The third kappa shape index (κ3) is 4.41. The topological polar surface area (TPSA) is 109 Å². The lowest BCUT2D eigenvalue weighted by Crippen LogP contribution is -2.47. The number of piperazine rings is 1. The number of nitro groups is 1. The number of hydrogen-bond acceptors (Lipinski definition) is 7. The van der Waals surface area contributed by atoms with Crippen LogP contribution in [0.1, 0.15) is 5.69 Å². The van der Waals surface area contributed by atoms with Crippen LogP contribution in [0.5, 0.6) is 0 Å². The van der Waals surface area contributed by atoms with Crippen molar-refractivity contribution in [2.45, 2.75) is 11.4 Å². The number of nitro benzene ring substituents is 1. The van der Waals surface area contributed by atoms with Crippen LogP contribution >= 0.6 is 0 Å². The minimum atomic E-state index is -3.76. The number of benzene rings is 1. The highest BCUT2D eigenvalue weighted by atomic mass is 32.2. The molecule has 1 fully saturated rings. The van der Waals surface area contributed by atoms with E-state index >= 15 is 0 Å². The number of pyridine rings is 1. The zero-order valence-corrected chi connectivity index (χ0v) is 15.7. The van der Waals surface area contributed by atoms with Gasteiger partial charge in [-0.3, -0.25) is 15.1 Å². The van der Waals surface area contributed by atoms with Gasteiger partial charge in [-0.25, -0.2) is 8.42 Å². The van der Waals surface area contributed by atoms with E-state index in [1.54, 1.807) is 18.3 Å². The Labute approximate surface area is 157 Å². The number of aromatic nitrogens is 1. The molecule has 2 heterocycles. The Balaban J connectivity index is 1.83. The average Bonchev–Trinajstić information content (AvgIpc) is 2.67. The van der Waals surface area contributed by atoms with Crippen molar-refractivity contribution in [1.82, 2.24) is 14.2 Å². The van der Waals surface area contributed by atoms with Crippen molar-refractivity contribution in [3.05, 3.63) is 58.4 Å². The molecule has 9 nitrogen and oxygen atoms in total. The molecule has 0 radical (unpaired) electrons. The van der Waals surface area contributed by atoms with Gasteiger partial charge in [-0.05, 0) is 31.3 Å². The van der Waals surface area contributed by atoms with E-state index in [2.05, 4.69) is 10.3 Å². The summed E-state index contributed by atoms with van der Waals surface area (Å²) in [5.41, 5.74) is 0.699. The van der Waals surface area contributed by atoms with Crippen LogP contribution < -0.4 is 5.32 Å². The van der Waals surface area contributed by atoms with Crippen molar-refractivity contribution in [1.29, 1.82) is 0 Å². The fraction of sp³-hybridized carbons (Fsp3) is 0.353. The average molecular weight is 391 g/mol. The lowest BCUT2D eigenvalue weighted by atomic mass is 10.2. The third-order valence-electron chi connectivity index (χ3n) is 4.45. The van der Waals surface area contributed by atoms with Gasteiger partial charge >= 0.3 is 0 Å². The fourth-order valence-electron chi connectivity index (χ4n) is 2.84. The summed E-state index contributed by atoms with van der Waals surface area (Å²) in [7, 11) is -1.84. The van der Waals surface area contributed by atoms with Crippen LogP contribution in [0.25, 0.3) is 0 Å². The summed E-state index contributed by atoms with van der Waals surface area (Å²) in [6, 6.07) is 9.36. The fourth-order valence-corrected chi connectivity index (χ4v) is 4.28. The molecule has 0 aliphatic carbocycles. The molecule has 27 heavy (non-hydrogen) atoms. The Kier molecular flexibility index (Phi) is 5.68. The predicted molar refractivity (Wildman–Crippen MR) is 101 cm³/mol. The normalized spacial score (nSPS) is 16.2. The van der Waals surface area contributed by atoms with Crippen molar-refractivity contribution in [3.63, 3.8) is 0 Å². The second-order valence-electron chi connectivity index (χ2n) is 6.32. The van der Waals surface area contributed by atoms with Gasteiger partial charge in [0.1, 0.15) is 5.69 Å². The molecule has 0 saturated carbocycles. The molecule has 1 aromatic carbocycles. The van der Waals surface area contributed by atoms with Crippen LogP contribution in [0.2, 0.25) is 0 Å². The molecule has 2 aromatic rings. The highest BCUT2D eigenvalue weighted by Crippen LogP contribution is 2.29. The van der Waals surface area contributed by atoms with Crippen molar-refractivity contribution < 1.29 is 13.3 Å². The van der Waals surface area contributed by atoms with Gasteiger partial charge < -0.3 is 10.2 Å². The molecule has 0 spiro atoms. The van der Waals surface area contributed by atoms with Crippen molar-refractivity contribution >= 4 is 21.4 Å². The molecular formula is C17H21N5O4S. The van der Waals surface area contributed by atoms with Crippen LogP contribution in [-0.2, 0) is 16.6 Å². The smallest absolute Gasteiger partial charge is 0.293 e. The molecule has 1 aliphatic heterocycles. The molecular weight excluding hydrogens is 370 g/mol. The zero-order valence-electron chi connectivity index (χ0n) is 14.9. The lowest BCUT2D eigenvalue weighted by molar-refractivity contribution is -0.384. The molecule has 144 valence electrons. The first-order valence-corrected chi connectivity index (χ1v) is 9.93. The van der Waals surface area contributed by atoms with E-state index in [9.17, 15) is 18.5 Å². The first-order chi connectivity index (χ1) is 12.9. The summed E-state index contributed by atoms with van der Waals surface area (Å²) in [4.78, 5) is 17.0. The maximum atomic E-state index is 12.8. The number of hydrogen-bond donors (Lipinski definition) is 1. The molecule has 3 rings (SSSR count). The highest BCUT2D eigenvalue weighted by Gasteiger charge is 2.29. The van der Waals surface area contributed by atoms with Crippen LogP contribution in [0, 0.1) is 10.1 Å². The monoisotopic (exact) mass is 391 g/mol. The third-order valence-corrected chi connectivity index (χ3v) is 6.35. The standard InChI is InChI=1S/C17H21N5O4S/c1-20-8-10-21(11-9-20)27(25,26)15-5-6-16(17(12-15)22(23)24)19-13-14-4-2-3-7-18-14/h2-7,12,19H,8-11,13H2,1H3. The lowest BCUT2D eigenvalue weighted by Gasteiger charge is -2.31. The van der Waals surface area contributed by atoms with E-state index in [0.717, 1.165) is 11.8 Å². The van der Waals surface area contributed by atoms with Gasteiger partial charge in [0.15, 0.2) is 0 Å². The molecule has 0 unspecified atom stereocenters. The van der Waals surface area contributed by atoms with Gasteiger partial charge in [0.05, 0.1) is 22.1 Å². The maximum absolute atomic E-state index is 12.8. The van der Waals surface area contributed by atoms with Crippen LogP contribution in [0.15, 0.2) is 47.5 Å². The number of sulfonamides is 1. The molecule has 1 saturated heterocycles. The Morgan fingerprint density at radius 3 is 2.56 bits per heavy atom. The van der Waals surface area contributed by atoms with Crippen molar-refractivity contribution in [2.24, 2.45) is 0 Å². The summed E-state index contributed by atoms with van der Waals surface area (Å²) in [6.07, 6.45) is 1.64. The van der Waals surface area contributed by atoms with E-state index in [0.29, 0.717) is 32.7 Å². The largest absolute Gasteiger partial charge is 0.374 e. The molecule has 1 aromatic heterocycles. The van der Waals surface area contributed by atoms with Gasteiger partial charge in [0, 0.05) is 38.4 Å². The van der Waals surface area contributed by atoms with Crippen molar-refractivity contribution in [3.8, 4) is 0 Å². The maximum Gasteiger partial charge on any atom is 0.293 e. The van der Waals surface area contributed by atoms with E-state index in [4.69, 9.17) is 0 Å². The number of nitrogens with zero attached hydrogens (tertiary/aromatic N) is 4. The molecule has 0 amide bonds. The number of rotatable bonds is 6. The second-order valence-corrected chi connectivity index (χ2v) is 8.26. The SMILES string of the molecule is CN1CCN(S(=O)(=O)c2ccc(NCc3ccccn3)c([N+](=O)[O-])c2)CC1. The minimum Gasteiger partial charge on any atom is -0.374 e. The first kappa shape index (κ1) is 19.2. The Hall–Kier alpha value is -2.56. The van der Waals surface area contributed by atoms with Gasteiger partial charge in [-0.2, -0.15) is 4.31 Å². The quantitative estimate of drug-likeness (QED) is 0.588. The first-order valence-electron chi connectivity index (χ1n) is 8.49. The summed E-state index contributed by atoms with van der Waals surface area (Å²) >= 11 is 0. The van der Waals surface area contributed by atoms with Crippen LogP contribution in [0.3, 0.4) is 0 Å². The van der Waals surface area contributed by atoms with Gasteiger partial charge in [0.2, 0.25) is 10.0 Å². The number of likely N-dealkylation sites (N-methyl/N-ethyl adjacent to an activating group) is 1. The predicted octanol–water partition coefficient (Wildman–Crippen LogP) is 1.54. The van der Waals surface area contributed by atoms with Gasteiger partial charge in [-0.1, -0.05) is 6.07 Å². The summed E-state index contributed by atoms with van der Waals surface area (Å²) in [5, 5.41) is 14.4. The summed E-state index contributed by atoms with van der Waals surface area (Å²) in [5.74, 6) is 0. The second kappa shape index (κ2) is 7.99. The Morgan fingerprint density at radius 1 is 1.19 bits per heavy atom. The summed E-state index contributed by atoms with van der Waals surface area (Å²) < 4.78 is 27.0. The zero-order chi connectivity index (χ0) is 19.4. The molecule has 1 aliphatic rings. The van der Waals surface area contributed by atoms with Crippen LogP contribution in [0.4, 0.5) is 11.4 Å². The van der Waals surface area contributed by atoms with E-state index < -0.39 is 14.9 Å². The molecule has 0 atom stereocenters. The van der Waals surface area contributed by atoms with Crippen molar-refractivity contribution in [2.75, 3.05) is 38.5 Å². The van der Waals surface area contributed by atoms with E-state index in [1.165, 1.54) is 16.4 Å². The van der Waals surface area contributed by atoms with E-state index in [-0.39, 0.29) is 16.3 Å². The Bertz CT molecular complexity index is 912. The molecule has 10 heteroatoms. The molecule has 0 bridgehead atoms. The van der Waals surface area contributed by atoms with Crippen LogP contribution in [-0.4, -0.2) is 60.8 Å².